The van der Waals surface area contributed by atoms with Gasteiger partial charge in [-0.25, -0.2) is 0 Å². The molecule has 0 aliphatic carbocycles. The summed E-state index contributed by atoms with van der Waals surface area (Å²) in [4.78, 5) is 30.7. The Balaban J connectivity index is 1.19. The van der Waals surface area contributed by atoms with Crippen LogP contribution in [0.25, 0.3) is 0 Å². The average molecular weight is 408 g/mol. The zero-order valence-electron chi connectivity index (χ0n) is 17.3. The molecular weight excluding hydrogens is 378 g/mol. The molecule has 3 heterocycles. The van der Waals surface area contributed by atoms with Gasteiger partial charge in [0.05, 0.1) is 11.7 Å². The van der Waals surface area contributed by atoms with Crippen molar-refractivity contribution >= 4 is 11.8 Å². The maximum atomic E-state index is 12.6. The van der Waals surface area contributed by atoms with E-state index in [0.29, 0.717) is 31.6 Å². The fourth-order valence-electron chi connectivity index (χ4n) is 4.42. The highest BCUT2D eigenvalue weighted by Gasteiger charge is 2.43. The lowest BCUT2D eigenvalue weighted by Gasteiger charge is -2.39. The van der Waals surface area contributed by atoms with Gasteiger partial charge in [-0.15, -0.1) is 0 Å². The summed E-state index contributed by atoms with van der Waals surface area (Å²) in [7, 11) is 0. The van der Waals surface area contributed by atoms with E-state index >= 15 is 0 Å². The van der Waals surface area contributed by atoms with Crippen LogP contribution in [0.2, 0.25) is 0 Å². The number of carbonyl (C=O) groups excluding carboxylic acids is 2. The Morgan fingerprint density at radius 1 is 1.07 bits per heavy atom. The summed E-state index contributed by atoms with van der Waals surface area (Å²) in [5, 5.41) is 3.03. The van der Waals surface area contributed by atoms with Gasteiger partial charge in [0, 0.05) is 44.0 Å². The smallest absolute Gasteiger partial charge is 0.253 e. The van der Waals surface area contributed by atoms with Crippen molar-refractivity contribution in [3.63, 3.8) is 0 Å². The highest BCUT2D eigenvalue weighted by molar-refractivity contribution is 5.94. The number of pyridine rings is 1. The molecule has 1 spiro atoms. The van der Waals surface area contributed by atoms with E-state index in [0.717, 1.165) is 32.1 Å². The molecule has 4 rings (SSSR count). The number of carbonyl (C=O) groups is 2. The number of nitrogens with one attached hydrogen (secondary N) is 1. The molecule has 0 radical (unpaired) electrons. The van der Waals surface area contributed by atoms with E-state index in [9.17, 15) is 9.59 Å². The molecule has 1 aromatic heterocycles. The van der Waals surface area contributed by atoms with Crippen LogP contribution in [-0.2, 0) is 16.0 Å². The second-order valence-corrected chi connectivity index (χ2v) is 8.28. The highest BCUT2D eigenvalue weighted by Crippen LogP contribution is 2.39. The van der Waals surface area contributed by atoms with E-state index in [2.05, 4.69) is 10.3 Å². The zero-order chi connectivity index (χ0) is 20.8. The number of likely N-dealkylation sites (tertiary alicyclic amines) is 1. The fourth-order valence-corrected chi connectivity index (χ4v) is 4.42. The van der Waals surface area contributed by atoms with E-state index in [4.69, 9.17) is 4.74 Å². The number of hydrogen-bond donors (Lipinski definition) is 1. The Labute approximate surface area is 177 Å². The van der Waals surface area contributed by atoms with Gasteiger partial charge < -0.3 is 15.0 Å². The third kappa shape index (κ3) is 5.05. The summed E-state index contributed by atoms with van der Waals surface area (Å²) in [5.41, 5.74) is 1.72. The molecule has 2 aliphatic heterocycles. The van der Waals surface area contributed by atoms with Gasteiger partial charge in [-0.3, -0.25) is 14.6 Å². The molecule has 1 N–H and O–H groups in total. The first-order valence-corrected chi connectivity index (χ1v) is 10.8. The van der Waals surface area contributed by atoms with E-state index in [-0.39, 0.29) is 23.5 Å². The minimum atomic E-state index is -0.144. The zero-order valence-corrected chi connectivity index (χ0v) is 17.3. The van der Waals surface area contributed by atoms with Crippen molar-refractivity contribution in [2.45, 2.75) is 50.2 Å². The molecule has 2 fully saturated rings. The first kappa shape index (κ1) is 20.5. The van der Waals surface area contributed by atoms with Crippen LogP contribution in [0.1, 0.15) is 48.0 Å². The molecule has 2 saturated heterocycles. The fraction of sp³-hybridized carbons (Fsp3) is 0.458. The summed E-state index contributed by atoms with van der Waals surface area (Å²) < 4.78 is 6.37. The van der Waals surface area contributed by atoms with Crippen LogP contribution in [0.15, 0.2) is 54.9 Å². The molecule has 1 atom stereocenters. The van der Waals surface area contributed by atoms with E-state index in [1.54, 1.807) is 24.5 Å². The lowest BCUT2D eigenvalue weighted by molar-refractivity contribution is -0.122. The maximum Gasteiger partial charge on any atom is 0.253 e. The SMILES string of the molecule is O=C(CCc1ccccc1)NC[C@@H]1CCC2(CCN(C(=O)c3ccncc3)CC2)O1. The van der Waals surface area contributed by atoms with Crippen LogP contribution in [0.3, 0.4) is 0 Å². The minimum absolute atomic E-state index is 0.0625. The Kier molecular flexibility index (Phi) is 6.43. The number of rotatable bonds is 6. The second kappa shape index (κ2) is 9.39. The van der Waals surface area contributed by atoms with Gasteiger partial charge in [0.25, 0.3) is 5.91 Å². The first-order chi connectivity index (χ1) is 14.6. The molecular formula is C24H29N3O3. The highest BCUT2D eigenvalue weighted by atomic mass is 16.5. The minimum Gasteiger partial charge on any atom is -0.370 e. The largest absolute Gasteiger partial charge is 0.370 e. The summed E-state index contributed by atoms with van der Waals surface area (Å²) in [5.74, 6) is 0.133. The van der Waals surface area contributed by atoms with Crippen LogP contribution in [0.4, 0.5) is 0 Å². The first-order valence-electron chi connectivity index (χ1n) is 10.8. The molecule has 2 aliphatic rings. The number of piperidine rings is 1. The molecule has 0 saturated carbocycles. The van der Waals surface area contributed by atoms with Gasteiger partial charge in [0.15, 0.2) is 0 Å². The quantitative estimate of drug-likeness (QED) is 0.799. The van der Waals surface area contributed by atoms with Crippen molar-refractivity contribution in [1.29, 1.82) is 0 Å². The van der Waals surface area contributed by atoms with Crippen molar-refractivity contribution in [2.75, 3.05) is 19.6 Å². The van der Waals surface area contributed by atoms with E-state index in [1.807, 2.05) is 35.2 Å². The molecule has 1 aromatic carbocycles. The maximum absolute atomic E-state index is 12.6. The predicted molar refractivity (Wildman–Crippen MR) is 114 cm³/mol. The number of aryl methyl sites for hydroxylation is 1. The Morgan fingerprint density at radius 2 is 1.80 bits per heavy atom. The number of aromatic nitrogens is 1. The van der Waals surface area contributed by atoms with Crippen molar-refractivity contribution < 1.29 is 14.3 Å². The van der Waals surface area contributed by atoms with E-state index in [1.165, 1.54) is 5.56 Å². The Bertz CT molecular complexity index is 849. The Morgan fingerprint density at radius 3 is 2.53 bits per heavy atom. The van der Waals surface area contributed by atoms with Crippen molar-refractivity contribution in [2.24, 2.45) is 0 Å². The molecule has 0 bridgehead atoms. The number of hydrogen-bond acceptors (Lipinski definition) is 4. The third-order valence-electron chi connectivity index (χ3n) is 6.24. The Hall–Kier alpha value is -2.73. The second-order valence-electron chi connectivity index (χ2n) is 8.28. The van der Waals surface area contributed by atoms with Gasteiger partial charge in [-0.1, -0.05) is 30.3 Å². The number of nitrogens with zero attached hydrogens (tertiary/aromatic N) is 2. The molecule has 6 heteroatoms. The lowest BCUT2D eigenvalue weighted by Crippen LogP contribution is -2.47. The molecule has 2 amide bonds. The molecule has 6 nitrogen and oxygen atoms in total. The average Bonchev–Trinajstić information content (AvgIpc) is 3.20. The van der Waals surface area contributed by atoms with Crippen LogP contribution in [0, 0.1) is 0 Å². The van der Waals surface area contributed by atoms with Crippen LogP contribution < -0.4 is 5.32 Å². The normalized spacial score (nSPS) is 20.3. The summed E-state index contributed by atoms with van der Waals surface area (Å²) in [6.45, 7) is 1.98. The van der Waals surface area contributed by atoms with Gasteiger partial charge in [-0.05, 0) is 49.8 Å². The number of benzene rings is 1. The van der Waals surface area contributed by atoms with Crippen molar-refractivity contribution in [3.05, 3.63) is 66.0 Å². The molecule has 30 heavy (non-hydrogen) atoms. The van der Waals surface area contributed by atoms with Gasteiger partial charge >= 0.3 is 0 Å². The third-order valence-corrected chi connectivity index (χ3v) is 6.24. The molecule has 158 valence electrons. The number of ether oxygens (including phenoxy) is 1. The molecule has 0 unspecified atom stereocenters. The topological polar surface area (TPSA) is 71.5 Å². The van der Waals surface area contributed by atoms with Gasteiger partial charge in [0.1, 0.15) is 0 Å². The van der Waals surface area contributed by atoms with Crippen molar-refractivity contribution in [3.8, 4) is 0 Å². The molecule has 2 aromatic rings. The monoisotopic (exact) mass is 407 g/mol. The van der Waals surface area contributed by atoms with Crippen LogP contribution >= 0.6 is 0 Å². The van der Waals surface area contributed by atoms with Crippen LogP contribution in [-0.4, -0.2) is 53.0 Å². The van der Waals surface area contributed by atoms with E-state index < -0.39 is 0 Å². The lowest BCUT2D eigenvalue weighted by atomic mass is 9.88. The summed E-state index contributed by atoms with van der Waals surface area (Å²) >= 11 is 0. The predicted octanol–water partition coefficient (Wildman–Crippen LogP) is 2.98. The van der Waals surface area contributed by atoms with Gasteiger partial charge in [0.2, 0.25) is 5.91 Å². The standard InChI is InChI=1S/C24H29N3O3/c28-22(7-6-19-4-2-1-3-5-19)26-18-21-8-11-24(30-21)12-16-27(17-13-24)23(29)20-9-14-25-15-10-20/h1-5,9-10,14-15,21H,6-8,11-13,16-18H2,(H,26,28)/t21-/m0/s1. The van der Waals surface area contributed by atoms with Crippen LogP contribution in [0.5, 0.6) is 0 Å². The summed E-state index contributed by atoms with van der Waals surface area (Å²) in [6.07, 6.45) is 8.26. The number of amides is 2. The van der Waals surface area contributed by atoms with Crippen molar-refractivity contribution in [1.82, 2.24) is 15.2 Å². The summed E-state index contributed by atoms with van der Waals surface area (Å²) in [6, 6.07) is 13.6. The van der Waals surface area contributed by atoms with Gasteiger partial charge in [-0.2, -0.15) is 0 Å².